The molecule has 0 saturated carbocycles. The molecule has 1 N–H and O–H groups in total. The van der Waals surface area contributed by atoms with Crippen LogP contribution < -0.4 is 10.1 Å². The van der Waals surface area contributed by atoms with Crippen LogP contribution >= 0.6 is 11.3 Å². The third-order valence-electron chi connectivity index (χ3n) is 6.18. The van der Waals surface area contributed by atoms with Crippen molar-refractivity contribution in [3.8, 4) is 11.5 Å². The highest BCUT2D eigenvalue weighted by molar-refractivity contribution is 7.19. The summed E-state index contributed by atoms with van der Waals surface area (Å²) in [7, 11) is 0. The second-order valence-corrected chi connectivity index (χ2v) is 9.90. The van der Waals surface area contributed by atoms with Gasteiger partial charge in [-0.25, -0.2) is 9.97 Å². The number of anilines is 2. The molecule has 190 valence electrons. The topological polar surface area (TPSA) is 89.5 Å². The number of nitrogens with zero attached hydrogens (tertiary/aromatic N) is 4. The van der Waals surface area contributed by atoms with Gasteiger partial charge in [-0.05, 0) is 68.7 Å². The van der Waals surface area contributed by atoms with E-state index in [9.17, 15) is 4.79 Å². The number of carbonyl (C=O) groups excluding carboxylic acids is 1. The van der Waals surface area contributed by atoms with Crippen LogP contribution in [0.3, 0.4) is 0 Å². The molecule has 0 fully saturated rings. The van der Waals surface area contributed by atoms with Crippen LogP contribution in [0.5, 0.6) is 11.5 Å². The van der Waals surface area contributed by atoms with E-state index in [1.165, 1.54) is 5.56 Å². The first-order valence-electron chi connectivity index (χ1n) is 12.3. The number of aromatic nitrogens is 3. The van der Waals surface area contributed by atoms with Crippen molar-refractivity contribution < 1.29 is 14.3 Å². The Hall–Kier alpha value is -3.82. The summed E-state index contributed by atoms with van der Waals surface area (Å²) in [5.74, 6) is 2.26. The Labute approximate surface area is 220 Å². The first-order chi connectivity index (χ1) is 18.0. The minimum atomic E-state index is 0.00597. The molecule has 8 nitrogen and oxygen atoms in total. The summed E-state index contributed by atoms with van der Waals surface area (Å²) in [6.07, 6.45) is 7.45. The number of aryl methyl sites for hydroxylation is 2. The third kappa shape index (κ3) is 5.63. The molecule has 1 amide bonds. The molecule has 9 heteroatoms. The highest BCUT2D eigenvalue weighted by Gasteiger charge is 2.25. The fraction of sp³-hybridized carbons (Fsp3) is 0.286. The molecule has 1 aliphatic rings. The number of hydrogen-bond acceptors (Lipinski definition) is 8. The number of ether oxygens (including phenoxy) is 2. The van der Waals surface area contributed by atoms with E-state index in [1.54, 1.807) is 36.0 Å². The highest BCUT2D eigenvalue weighted by atomic mass is 32.1. The molecular formula is C28H29N5O3S. The zero-order valence-corrected chi connectivity index (χ0v) is 22.0. The molecule has 4 heterocycles. The lowest BCUT2D eigenvalue weighted by Gasteiger charge is -2.26. The van der Waals surface area contributed by atoms with Crippen molar-refractivity contribution in [2.75, 3.05) is 25.1 Å². The highest BCUT2D eigenvalue weighted by Crippen LogP contribution is 2.38. The maximum atomic E-state index is 12.6. The van der Waals surface area contributed by atoms with E-state index in [0.717, 1.165) is 50.0 Å². The normalized spacial score (nSPS) is 13.2. The van der Waals surface area contributed by atoms with E-state index in [-0.39, 0.29) is 5.91 Å². The number of fused-ring (bicyclic) bond motifs is 3. The largest absolute Gasteiger partial charge is 0.455 e. The second-order valence-electron chi connectivity index (χ2n) is 8.82. The Morgan fingerprint density at radius 3 is 2.86 bits per heavy atom. The Morgan fingerprint density at radius 2 is 2.08 bits per heavy atom. The van der Waals surface area contributed by atoms with Crippen LogP contribution in [0.1, 0.15) is 28.6 Å². The van der Waals surface area contributed by atoms with Crippen LogP contribution in [0, 0.1) is 13.8 Å². The van der Waals surface area contributed by atoms with Crippen LogP contribution in [0.25, 0.3) is 10.2 Å². The van der Waals surface area contributed by atoms with Crippen LogP contribution in [-0.4, -0.2) is 45.5 Å². The van der Waals surface area contributed by atoms with Gasteiger partial charge in [0, 0.05) is 35.5 Å². The quantitative estimate of drug-likeness (QED) is 0.237. The summed E-state index contributed by atoms with van der Waals surface area (Å²) >= 11 is 1.63. The number of hydrogen-bond donors (Lipinski definition) is 1. The molecule has 0 bridgehead atoms. The van der Waals surface area contributed by atoms with Crippen LogP contribution in [0.2, 0.25) is 0 Å². The number of carbonyl (C=O) groups is 1. The van der Waals surface area contributed by atoms with Crippen molar-refractivity contribution in [3.63, 3.8) is 0 Å². The number of amides is 1. The molecule has 0 aliphatic carbocycles. The van der Waals surface area contributed by atoms with E-state index < -0.39 is 0 Å². The SMILES string of the molecule is CCOC/C=C/C(=O)N1CCc2c(sc3ncnc(Nc4ccc(Oc5ccc(C)nc5)c(C)c4)c23)C1. The maximum absolute atomic E-state index is 12.6. The molecule has 1 aliphatic heterocycles. The standard InChI is InChI=1S/C28H29N5O3S/c1-4-35-13-5-6-25(34)33-12-11-22-24(16-33)37-28-26(22)27(30-17-31-28)32-20-8-10-23(18(2)14-20)36-21-9-7-19(3)29-15-21/h5-10,14-15,17H,4,11-13,16H2,1-3H3,(H,30,31,32)/b6-5+. The zero-order chi connectivity index (χ0) is 25.8. The lowest BCUT2D eigenvalue weighted by Crippen LogP contribution is -2.34. The molecule has 0 radical (unpaired) electrons. The summed E-state index contributed by atoms with van der Waals surface area (Å²) in [6.45, 7) is 8.21. The lowest BCUT2D eigenvalue weighted by molar-refractivity contribution is -0.126. The number of pyridine rings is 1. The molecule has 4 aromatic rings. The molecule has 0 atom stereocenters. The van der Waals surface area contributed by atoms with Gasteiger partial charge in [0.25, 0.3) is 0 Å². The summed E-state index contributed by atoms with van der Waals surface area (Å²) in [5.41, 5.74) is 4.08. The predicted molar refractivity (Wildman–Crippen MR) is 146 cm³/mol. The van der Waals surface area contributed by atoms with Gasteiger partial charge >= 0.3 is 0 Å². The first-order valence-corrected chi connectivity index (χ1v) is 13.1. The van der Waals surface area contributed by atoms with Gasteiger partial charge in [-0.15, -0.1) is 11.3 Å². The van der Waals surface area contributed by atoms with Crippen LogP contribution in [-0.2, 0) is 22.5 Å². The van der Waals surface area contributed by atoms with Gasteiger partial charge in [-0.3, -0.25) is 9.78 Å². The van der Waals surface area contributed by atoms with Gasteiger partial charge in [-0.2, -0.15) is 0 Å². The van der Waals surface area contributed by atoms with E-state index in [0.29, 0.717) is 32.1 Å². The fourth-order valence-corrected chi connectivity index (χ4v) is 5.47. The van der Waals surface area contributed by atoms with Crippen LogP contribution in [0.4, 0.5) is 11.5 Å². The Morgan fingerprint density at radius 1 is 1.19 bits per heavy atom. The average Bonchev–Trinajstić information content (AvgIpc) is 3.28. The van der Waals surface area contributed by atoms with E-state index >= 15 is 0 Å². The van der Waals surface area contributed by atoms with E-state index in [4.69, 9.17) is 9.47 Å². The molecule has 3 aromatic heterocycles. The van der Waals surface area contributed by atoms with Crippen LogP contribution in [0.15, 0.2) is 55.0 Å². The number of thiophene rings is 1. The Bertz CT molecular complexity index is 1450. The summed E-state index contributed by atoms with van der Waals surface area (Å²) in [5, 5.41) is 4.51. The third-order valence-corrected chi connectivity index (χ3v) is 7.30. The number of benzene rings is 1. The van der Waals surface area contributed by atoms with Crippen molar-refractivity contribution in [1.29, 1.82) is 0 Å². The summed E-state index contributed by atoms with van der Waals surface area (Å²) < 4.78 is 11.3. The minimum absolute atomic E-state index is 0.00597. The Kier molecular flexibility index (Phi) is 7.43. The fourth-order valence-electron chi connectivity index (χ4n) is 4.27. The zero-order valence-electron chi connectivity index (χ0n) is 21.2. The minimum Gasteiger partial charge on any atom is -0.455 e. The summed E-state index contributed by atoms with van der Waals surface area (Å²) in [6, 6.07) is 9.81. The van der Waals surface area contributed by atoms with Crippen molar-refractivity contribution in [2.24, 2.45) is 0 Å². The average molecular weight is 516 g/mol. The van der Waals surface area contributed by atoms with Gasteiger partial charge in [0.15, 0.2) is 0 Å². The van der Waals surface area contributed by atoms with Gasteiger partial charge in [0.1, 0.15) is 28.5 Å². The van der Waals surface area contributed by atoms with Crippen molar-refractivity contribution >= 4 is 39.0 Å². The van der Waals surface area contributed by atoms with Crippen molar-refractivity contribution in [3.05, 3.63) is 76.7 Å². The molecule has 5 rings (SSSR count). The lowest BCUT2D eigenvalue weighted by atomic mass is 10.0. The van der Waals surface area contributed by atoms with Gasteiger partial charge in [0.05, 0.1) is 24.7 Å². The van der Waals surface area contributed by atoms with E-state index in [2.05, 4.69) is 20.3 Å². The molecular weight excluding hydrogens is 486 g/mol. The Balaban J connectivity index is 1.33. The van der Waals surface area contributed by atoms with E-state index in [1.807, 2.05) is 56.0 Å². The summed E-state index contributed by atoms with van der Waals surface area (Å²) in [4.78, 5) is 29.9. The molecule has 0 spiro atoms. The van der Waals surface area contributed by atoms with Crippen molar-refractivity contribution in [2.45, 2.75) is 33.7 Å². The number of rotatable bonds is 8. The molecule has 37 heavy (non-hydrogen) atoms. The first kappa shape index (κ1) is 24.9. The second kappa shape index (κ2) is 11.1. The van der Waals surface area contributed by atoms with Gasteiger partial charge in [0.2, 0.25) is 5.91 Å². The van der Waals surface area contributed by atoms with Gasteiger partial charge in [-0.1, -0.05) is 6.08 Å². The van der Waals surface area contributed by atoms with Crippen molar-refractivity contribution in [1.82, 2.24) is 19.9 Å². The molecule has 0 saturated heterocycles. The monoisotopic (exact) mass is 515 g/mol. The predicted octanol–water partition coefficient (Wildman–Crippen LogP) is 5.72. The maximum Gasteiger partial charge on any atom is 0.246 e. The number of nitrogens with one attached hydrogen (secondary N) is 1. The smallest absolute Gasteiger partial charge is 0.246 e. The molecule has 1 aromatic carbocycles. The van der Waals surface area contributed by atoms with Gasteiger partial charge < -0.3 is 19.7 Å². The molecule has 0 unspecified atom stereocenters.